The van der Waals surface area contributed by atoms with Crippen LogP contribution in [0.2, 0.25) is 0 Å². The summed E-state index contributed by atoms with van der Waals surface area (Å²) in [5.41, 5.74) is 8.39. The zero-order valence-corrected chi connectivity index (χ0v) is 25.6. The predicted molar refractivity (Wildman–Crippen MR) is 170 cm³/mol. The Morgan fingerprint density at radius 3 is 1.86 bits per heavy atom. The van der Waals surface area contributed by atoms with Crippen molar-refractivity contribution in [2.45, 2.75) is 37.5 Å². The van der Waals surface area contributed by atoms with Gasteiger partial charge in [0.25, 0.3) is 11.8 Å². The highest BCUT2D eigenvalue weighted by molar-refractivity contribution is 6.21. The molecule has 3 aromatic rings. The first-order chi connectivity index (χ1) is 20.7. The molecule has 1 atom stereocenters. The molecule has 43 heavy (non-hydrogen) atoms. The first-order valence-electron chi connectivity index (χ1n) is 15.6. The monoisotopic (exact) mass is 581 g/mol. The van der Waals surface area contributed by atoms with Crippen molar-refractivity contribution in [2.24, 2.45) is 11.7 Å². The average Bonchev–Trinajstić information content (AvgIpc) is 3.58. The Hall–Kier alpha value is -3.81. The van der Waals surface area contributed by atoms with Crippen molar-refractivity contribution in [3.8, 4) is 0 Å². The Kier molecular flexibility index (Phi) is 9.43. The van der Waals surface area contributed by atoms with Crippen molar-refractivity contribution in [3.05, 3.63) is 107 Å². The molecule has 0 aromatic heterocycles. The standard InChI is InChI=1S/C36H44N4O3/c1-40(2,26-24-39-33(41)31-19-11-12-20-32(31)34(39)42)25-14-4-3-13-22-38-23-21-30(27-38)36(35(37)43,28-15-7-5-8-16-28)29-17-9-6-10-18-29/h5-12,15-20,30H,3-4,13-14,21-27H2,1-2H3,(H-,37,43)/p+1. The maximum Gasteiger partial charge on any atom is 0.261 e. The fourth-order valence-electron chi connectivity index (χ4n) is 7.07. The number of amides is 3. The summed E-state index contributed by atoms with van der Waals surface area (Å²) in [6.07, 6.45) is 5.45. The lowest BCUT2D eigenvalue weighted by Gasteiger charge is -2.37. The lowest BCUT2D eigenvalue weighted by molar-refractivity contribution is -0.889. The molecule has 226 valence electrons. The van der Waals surface area contributed by atoms with Gasteiger partial charge < -0.3 is 15.1 Å². The minimum absolute atomic E-state index is 0.120. The van der Waals surface area contributed by atoms with E-state index in [1.807, 2.05) is 60.7 Å². The van der Waals surface area contributed by atoms with Gasteiger partial charge in [-0.3, -0.25) is 19.3 Å². The zero-order chi connectivity index (χ0) is 30.5. The summed E-state index contributed by atoms with van der Waals surface area (Å²) in [4.78, 5) is 42.6. The van der Waals surface area contributed by atoms with Crippen LogP contribution >= 0.6 is 0 Å². The number of hydrogen-bond donors (Lipinski definition) is 1. The summed E-state index contributed by atoms with van der Waals surface area (Å²) < 4.78 is 0.773. The third kappa shape index (κ3) is 6.43. The fraction of sp³-hybridized carbons (Fsp3) is 0.417. The summed E-state index contributed by atoms with van der Waals surface area (Å²) in [6, 6.07) is 27.2. The molecule has 1 unspecified atom stereocenters. The Labute approximate surface area is 255 Å². The molecule has 0 aliphatic carbocycles. The topological polar surface area (TPSA) is 83.7 Å². The molecule has 0 saturated carbocycles. The molecular weight excluding hydrogens is 536 g/mol. The molecule has 2 aliphatic heterocycles. The first kappa shape index (κ1) is 30.6. The molecule has 0 radical (unpaired) electrons. The molecule has 3 aromatic carbocycles. The minimum atomic E-state index is -0.839. The number of hydrogen-bond acceptors (Lipinski definition) is 4. The van der Waals surface area contributed by atoms with Crippen LogP contribution in [-0.2, 0) is 10.2 Å². The Balaban J connectivity index is 1.07. The van der Waals surface area contributed by atoms with Gasteiger partial charge >= 0.3 is 0 Å². The number of primary amides is 1. The van der Waals surface area contributed by atoms with E-state index in [0.717, 1.165) is 80.4 Å². The van der Waals surface area contributed by atoms with Crippen LogP contribution in [0, 0.1) is 5.92 Å². The molecule has 3 amide bonds. The van der Waals surface area contributed by atoms with E-state index in [1.54, 1.807) is 24.3 Å². The van der Waals surface area contributed by atoms with Gasteiger partial charge in [-0.2, -0.15) is 0 Å². The van der Waals surface area contributed by atoms with Crippen LogP contribution in [0.3, 0.4) is 0 Å². The second-order valence-electron chi connectivity index (χ2n) is 12.8. The maximum absolute atomic E-state index is 13.3. The molecule has 2 heterocycles. The number of nitrogens with two attached hydrogens (primary N) is 1. The number of fused-ring (bicyclic) bond motifs is 1. The van der Waals surface area contributed by atoms with Crippen molar-refractivity contribution in [1.29, 1.82) is 0 Å². The normalized spacial score (nSPS) is 17.4. The van der Waals surface area contributed by atoms with Gasteiger partial charge in [0.2, 0.25) is 5.91 Å². The number of rotatable bonds is 14. The van der Waals surface area contributed by atoms with Crippen LogP contribution in [0.5, 0.6) is 0 Å². The quantitative estimate of drug-likeness (QED) is 0.170. The number of likely N-dealkylation sites (N-methyl/N-ethyl adjacent to an activating group) is 1. The lowest BCUT2D eigenvalue weighted by atomic mass is 9.64. The first-order valence-corrected chi connectivity index (χ1v) is 15.6. The molecule has 7 heteroatoms. The van der Waals surface area contributed by atoms with E-state index in [4.69, 9.17) is 5.73 Å². The van der Waals surface area contributed by atoms with E-state index < -0.39 is 5.41 Å². The number of nitrogens with zero attached hydrogens (tertiary/aromatic N) is 3. The van der Waals surface area contributed by atoms with E-state index in [2.05, 4.69) is 19.0 Å². The highest BCUT2D eigenvalue weighted by atomic mass is 16.2. The Bertz CT molecular complexity index is 1350. The number of imide groups is 1. The van der Waals surface area contributed by atoms with E-state index in [0.29, 0.717) is 17.7 Å². The summed E-state index contributed by atoms with van der Waals surface area (Å²) in [6.45, 7) is 5.03. The molecule has 5 rings (SSSR count). The summed E-state index contributed by atoms with van der Waals surface area (Å²) in [7, 11) is 4.35. The maximum atomic E-state index is 13.3. The van der Waals surface area contributed by atoms with Crippen LogP contribution in [-0.4, -0.2) is 85.4 Å². The second-order valence-corrected chi connectivity index (χ2v) is 12.8. The SMILES string of the molecule is C[N+](C)(CCCCCCN1CCC(C(C(N)=O)(c2ccccc2)c2ccccc2)C1)CCN1C(=O)c2ccccc2C1=O. The van der Waals surface area contributed by atoms with E-state index >= 15 is 0 Å². The average molecular weight is 582 g/mol. The zero-order valence-electron chi connectivity index (χ0n) is 25.6. The van der Waals surface area contributed by atoms with Gasteiger partial charge in [0.1, 0.15) is 5.41 Å². The lowest BCUT2D eigenvalue weighted by Crippen LogP contribution is -2.49. The van der Waals surface area contributed by atoms with Crippen molar-refractivity contribution in [3.63, 3.8) is 0 Å². The minimum Gasteiger partial charge on any atom is -0.369 e. The smallest absolute Gasteiger partial charge is 0.261 e. The summed E-state index contributed by atoms with van der Waals surface area (Å²) in [5, 5.41) is 0. The molecule has 1 fully saturated rings. The Morgan fingerprint density at radius 2 is 1.30 bits per heavy atom. The van der Waals surface area contributed by atoms with Crippen molar-refractivity contribution < 1.29 is 18.9 Å². The van der Waals surface area contributed by atoms with Gasteiger partial charge in [-0.05, 0) is 68.0 Å². The number of benzene rings is 3. The second kappa shape index (κ2) is 13.2. The van der Waals surface area contributed by atoms with E-state index in [-0.39, 0.29) is 23.6 Å². The molecule has 0 spiro atoms. The van der Waals surface area contributed by atoms with Gasteiger partial charge in [-0.25, -0.2) is 0 Å². The summed E-state index contributed by atoms with van der Waals surface area (Å²) >= 11 is 0. The van der Waals surface area contributed by atoms with Crippen LogP contribution in [0.4, 0.5) is 0 Å². The van der Waals surface area contributed by atoms with Crippen LogP contribution in [0.15, 0.2) is 84.9 Å². The number of quaternary nitrogens is 1. The van der Waals surface area contributed by atoms with Crippen LogP contribution < -0.4 is 5.73 Å². The predicted octanol–water partition coefficient (Wildman–Crippen LogP) is 4.71. The van der Waals surface area contributed by atoms with Gasteiger partial charge in [-0.1, -0.05) is 79.2 Å². The van der Waals surface area contributed by atoms with E-state index in [9.17, 15) is 14.4 Å². The van der Waals surface area contributed by atoms with E-state index in [1.165, 1.54) is 4.90 Å². The molecular formula is C36H45N4O3+. The van der Waals surface area contributed by atoms with Crippen molar-refractivity contribution in [1.82, 2.24) is 9.80 Å². The largest absolute Gasteiger partial charge is 0.369 e. The molecule has 2 N–H and O–H groups in total. The highest BCUT2D eigenvalue weighted by Crippen LogP contribution is 2.43. The number of likely N-dealkylation sites (tertiary alicyclic amines) is 1. The third-order valence-corrected chi connectivity index (χ3v) is 9.53. The fourth-order valence-corrected chi connectivity index (χ4v) is 7.07. The van der Waals surface area contributed by atoms with Crippen LogP contribution in [0.1, 0.15) is 63.9 Å². The molecule has 1 saturated heterocycles. The number of carbonyl (C=O) groups is 3. The third-order valence-electron chi connectivity index (χ3n) is 9.53. The molecule has 2 aliphatic rings. The number of carbonyl (C=O) groups excluding carboxylic acids is 3. The summed E-state index contributed by atoms with van der Waals surface area (Å²) in [5.74, 6) is -0.508. The van der Waals surface area contributed by atoms with Crippen molar-refractivity contribution >= 4 is 17.7 Å². The highest BCUT2D eigenvalue weighted by Gasteiger charge is 2.49. The molecule has 7 nitrogen and oxygen atoms in total. The molecule has 0 bridgehead atoms. The van der Waals surface area contributed by atoms with Crippen molar-refractivity contribution in [2.75, 3.05) is 53.4 Å². The van der Waals surface area contributed by atoms with Crippen LogP contribution in [0.25, 0.3) is 0 Å². The number of unbranched alkanes of at least 4 members (excludes halogenated alkanes) is 3. The Morgan fingerprint density at radius 1 is 0.767 bits per heavy atom. The van der Waals surface area contributed by atoms with Gasteiger partial charge in [0.15, 0.2) is 0 Å². The van der Waals surface area contributed by atoms with Gasteiger partial charge in [0, 0.05) is 6.54 Å². The van der Waals surface area contributed by atoms with Gasteiger partial charge in [0.05, 0.1) is 44.9 Å². The van der Waals surface area contributed by atoms with Gasteiger partial charge in [-0.15, -0.1) is 0 Å².